The van der Waals surface area contributed by atoms with Gasteiger partial charge in [0, 0.05) is 16.1 Å². The first-order chi connectivity index (χ1) is 7.11. The minimum atomic E-state index is 0.189. The van der Waals surface area contributed by atoms with Crippen LogP contribution in [-0.4, -0.2) is 25.8 Å². The van der Waals surface area contributed by atoms with Gasteiger partial charge in [0.15, 0.2) is 11.5 Å². The SMILES string of the molecule is CNCCc1cc(Cl)c(C)c(OC)c1O. The molecule has 15 heavy (non-hydrogen) atoms. The topological polar surface area (TPSA) is 41.5 Å². The summed E-state index contributed by atoms with van der Waals surface area (Å²) in [5.41, 5.74) is 1.57. The molecule has 84 valence electrons. The molecule has 1 rings (SSSR count). The highest BCUT2D eigenvalue weighted by atomic mass is 35.5. The molecule has 0 saturated carbocycles. The highest BCUT2D eigenvalue weighted by Crippen LogP contribution is 2.37. The van der Waals surface area contributed by atoms with Crippen molar-refractivity contribution in [3.05, 3.63) is 22.2 Å². The summed E-state index contributed by atoms with van der Waals surface area (Å²) >= 11 is 6.04. The van der Waals surface area contributed by atoms with Crippen LogP contribution in [0.2, 0.25) is 5.02 Å². The highest BCUT2D eigenvalue weighted by molar-refractivity contribution is 6.31. The third-order valence-electron chi connectivity index (χ3n) is 2.37. The van der Waals surface area contributed by atoms with Crippen molar-refractivity contribution >= 4 is 11.6 Å². The van der Waals surface area contributed by atoms with Crippen molar-refractivity contribution in [3.8, 4) is 11.5 Å². The van der Waals surface area contributed by atoms with E-state index in [1.54, 1.807) is 6.07 Å². The predicted octanol–water partition coefficient (Wildman–Crippen LogP) is 2.12. The minimum Gasteiger partial charge on any atom is -0.504 e. The summed E-state index contributed by atoms with van der Waals surface area (Å²) in [6, 6.07) is 1.78. The van der Waals surface area contributed by atoms with E-state index in [0.29, 0.717) is 10.8 Å². The number of phenols is 1. The Morgan fingerprint density at radius 2 is 2.20 bits per heavy atom. The maximum atomic E-state index is 9.91. The van der Waals surface area contributed by atoms with Crippen LogP contribution in [0.4, 0.5) is 0 Å². The maximum absolute atomic E-state index is 9.91. The van der Waals surface area contributed by atoms with Gasteiger partial charge in [-0.2, -0.15) is 0 Å². The molecule has 0 bridgehead atoms. The Hall–Kier alpha value is -0.930. The lowest BCUT2D eigenvalue weighted by molar-refractivity contribution is 0.368. The molecular formula is C11H16ClNO2. The zero-order valence-corrected chi connectivity index (χ0v) is 9.98. The Kier molecular flexibility index (Phi) is 4.24. The van der Waals surface area contributed by atoms with Crippen LogP contribution in [0.25, 0.3) is 0 Å². The number of halogens is 1. The van der Waals surface area contributed by atoms with Gasteiger partial charge in [0.25, 0.3) is 0 Å². The molecular weight excluding hydrogens is 214 g/mol. The van der Waals surface area contributed by atoms with Crippen molar-refractivity contribution in [2.45, 2.75) is 13.3 Å². The van der Waals surface area contributed by atoms with E-state index in [4.69, 9.17) is 16.3 Å². The van der Waals surface area contributed by atoms with Crippen molar-refractivity contribution in [2.24, 2.45) is 0 Å². The van der Waals surface area contributed by atoms with E-state index < -0.39 is 0 Å². The first-order valence-corrected chi connectivity index (χ1v) is 5.19. The number of phenolic OH excluding ortho intramolecular Hbond substituents is 1. The Bertz CT molecular complexity index is 353. The summed E-state index contributed by atoms with van der Waals surface area (Å²) in [4.78, 5) is 0. The summed E-state index contributed by atoms with van der Waals surface area (Å²) < 4.78 is 5.12. The zero-order valence-electron chi connectivity index (χ0n) is 9.22. The predicted molar refractivity (Wildman–Crippen MR) is 62.0 cm³/mol. The molecule has 2 N–H and O–H groups in total. The van der Waals surface area contributed by atoms with Gasteiger partial charge in [-0.05, 0) is 33.0 Å². The van der Waals surface area contributed by atoms with Crippen molar-refractivity contribution in [1.82, 2.24) is 5.32 Å². The standard InChI is InChI=1S/C11H16ClNO2/c1-7-9(12)6-8(4-5-13-2)10(14)11(7)15-3/h6,13-14H,4-5H2,1-3H3. The molecule has 0 aliphatic rings. The van der Waals surface area contributed by atoms with E-state index in [2.05, 4.69) is 5.32 Å². The molecule has 0 atom stereocenters. The zero-order chi connectivity index (χ0) is 11.4. The second kappa shape index (κ2) is 5.24. The molecule has 4 heteroatoms. The van der Waals surface area contributed by atoms with Gasteiger partial charge in [-0.25, -0.2) is 0 Å². The molecule has 0 aromatic heterocycles. The Balaban J connectivity index is 3.12. The van der Waals surface area contributed by atoms with Gasteiger partial charge in [-0.15, -0.1) is 0 Å². The number of likely N-dealkylation sites (N-methyl/N-ethyl adjacent to an activating group) is 1. The molecule has 0 amide bonds. The molecule has 0 saturated heterocycles. The van der Waals surface area contributed by atoms with Crippen LogP contribution in [-0.2, 0) is 6.42 Å². The van der Waals surface area contributed by atoms with E-state index >= 15 is 0 Å². The van der Waals surface area contributed by atoms with Gasteiger partial charge in [0.1, 0.15) is 0 Å². The average Bonchev–Trinajstić information content (AvgIpc) is 2.22. The quantitative estimate of drug-likeness (QED) is 0.831. The van der Waals surface area contributed by atoms with Crippen LogP contribution in [0, 0.1) is 6.92 Å². The molecule has 0 spiro atoms. The van der Waals surface area contributed by atoms with Crippen molar-refractivity contribution in [1.29, 1.82) is 0 Å². The number of hydrogen-bond acceptors (Lipinski definition) is 3. The van der Waals surface area contributed by atoms with E-state index in [1.165, 1.54) is 7.11 Å². The molecule has 0 unspecified atom stereocenters. The molecule has 0 aliphatic carbocycles. The van der Waals surface area contributed by atoms with Crippen molar-refractivity contribution in [2.75, 3.05) is 20.7 Å². The Labute approximate surface area is 95.0 Å². The summed E-state index contributed by atoms with van der Waals surface area (Å²) in [6.07, 6.45) is 0.721. The van der Waals surface area contributed by atoms with E-state index in [0.717, 1.165) is 24.1 Å². The third kappa shape index (κ3) is 2.55. The van der Waals surface area contributed by atoms with Crippen LogP contribution >= 0.6 is 11.6 Å². The van der Waals surface area contributed by atoms with Crippen LogP contribution in [0.3, 0.4) is 0 Å². The largest absolute Gasteiger partial charge is 0.504 e. The van der Waals surface area contributed by atoms with Gasteiger partial charge < -0.3 is 15.2 Å². The smallest absolute Gasteiger partial charge is 0.165 e. The number of benzene rings is 1. The molecule has 3 nitrogen and oxygen atoms in total. The fourth-order valence-corrected chi connectivity index (χ4v) is 1.68. The third-order valence-corrected chi connectivity index (χ3v) is 2.76. The Morgan fingerprint density at radius 1 is 1.53 bits per heavy atom. The van der Waals surface area contributed by atoms with Gasteiger partial charge in [-0.1, -0.05) is 11.6 Å². The van der Waals surface area contributed by atoms with Gasteiger partial charge in [0.2, 0.25) is 0 Å². The minimum absolute atomic E-state index is 0.189. The first-order valence-electron chi connectivity index (χ1n) is 4.81. The van der Waals surface area contributed by atoms with E-state index in [-0.39, 0.29) is 5.75 Å². The molecule has 0 radical (unpaired) electrons. The summed E-state index contributed by atoms with van der Waals surface area (Å²) in [7, 11) is 3.39. The monoisotopic (exact) mass is 229 g/mol. The van der Waals surface area contributed by atoms with Crippen molar-refractivity contribution in [3.63, 3.8) is 0 Å². The summed E-state index contributed by atoms with van der Waals surface area (Å²) in [5, 5.41) is 13.6. The van der Waals surface area contributed by atoms with Gasteiger partial charge >= 0.3 is 0 Å². The first kappa shape index (κ1) is 12.1. The second-order valence-corrected chi connectivity index (χ2v) is 3.79. The maximum Gasteiger partial charge on any atom is 0.165 e. The molecule has 0 fully saturated rings. The van der Waals surface area contributed by atoms with Gasteiger partial charge in [0.05, 0.1) is 7.11 Å². The molecule has 1 aromatic rings. The Morgan fingerprint density at radius 3 is 2.73 bits per heavy atom. The number of nitrogens with one attached hydrogen (secondary N) is 1. The number of hydrogen-bond donors (Lipinski definition) is 2. The second-order valence-electron chi connectivity index (χ2n) is 3.38. The van der Waals surface area contributed by atoms with E-state index in [1.807, 2.05) is 14.0 Å². The van der Waals surface area contributed by atoms with Gasteiger partial charge in [-0.3, -0.25) is 0 Å². The molecule has 1 aromatic carbocycles. The number of aromatic hydroxyl groups is 1. The fraction of sp³-hybridized carbons (Fsp3) is 0.455. The molecule has 0 aliphatic heterocycles. The number of ether oxygens (including phenoxy) is 1. The van der Waals surface area contributed by atoms with Crippen molar-refractivity contribution < 1.29 is 9.84 Å². The summed E-state index contributed by atoms with van der Waals surface area (Å²) in [6.45, 7) is 2.61. The number of methoxy groups -OCH3 is 1. The number of rotatable bonds is 4. The summed E-state index contributed by atoms with van der Waals surface area (Å²) in [5.74, 6) is 0.656. The molecule has 0 heterocycles. The lowest BCUT2D eigenvalue weighted by atomic mass is 10.1. The normalized spacial score (nSPS) is 10.4. The lowest BCUT2D eigenvalue weighted by Crippen LogP contribution is -2.10. The highest BCUT2D eigenvalue weighted by Gasteiger charge is 2.13. The van der Waals surface area contributed by atoms with Crippen LogP contribution in [0.5, 0.6) is 11.5 Å². The van der Waals surface area contributed by atoms with E-state index in [9.17, 15) is 5.11 Å². The lowest BCUT2D eigenvalue weighted by Gasteiger charge is -2.13. The van der Waals surface area contributed by atoms with Crippen LogP contribution in [0.15, 0.2) is 6.07 Å². The average molecular weight is 230 g/mol. The fourth-order valence-electron chi connectivity index (χ4n) is 1.46. The van der Waals surface area contributed by atoms with Crippen LogP contribution in [0.1, 0.15) is 11.1 Å². The van der Waals surface area contributed by atoms with Crippen LogP contribution < -0.4 is 10.1 Å².